The number of hydrogen-bond donors (Lipinski definition) is 0. The Morgan fingerprint density at radius 2 is 1.81 bits per heavy atom. The monoisotopic (exact) mass is 435 g/mol. The number of esters is 1. The third-order valence-corrected chi connectivity index (χ3v) is 4.62. The van der Waals surface area contributed by atoms with E-state index in [-0.39, 0.29) is 23.5 Å². The zero-order valence-corrected chi connectivity index (χ0v) is 18.0. The van der Waals surface area contributed by atoms with Crippen LogP contribution in [0.25, 0.3) is 5.57 Å². The predicted molar refractivity (Wildman–Crippen MR) is 111 cm³/mol. The molecule has 31 heavy (non-hydrogen) atoms. The first kappa shape index (κ1) is 24.0. The Balaban J connectivity index is 2.36. The van der Waals surface area contributed by atoms with Crippen LogP contribution in [-0.4, -0.2) is 25.9 Å². The van der Waals surface area contributed by atoms with Crippen molar-refractivity contribution in [1.29, 1.82) is 0 Å². The molecule has 0 atom stereocenters. The fourth-order valence-electron chi connectivity index (χ4n) is 3.05. The average Bonchev–Trinajstić information content (AvgIpc) is 2.72. The van der Waals surface area contributed by atoms with Gasteiger partial charge >= 0.3 is 12.1 Å². The lowest BCUT2D eigenvalue weighted by atomic mass is 9.97. The summed E-state index contributed by atoms with van der Waals surface area (Å²) in [5.41, 5.74) is 1.90. The second-order valence-corrected chi connectivity index (χ2v) is 6.86. The molecule has 2 aromatic carbocycles. The maximum atomic E-state index is 13.4. The van der Waals surface area contributed by atoms with Crippen molar-refractivity contribution in [2.75, 3.05) is 14.2 Å². The normalized spacial score (nSPS) is 12.5. The SMILES string of the molecule is CO/C=C(/C(=O)OC)c1cccc(C)c1CO/N=C(\C)c1ccc(C)cc1C(F)(F)F. The lowest BCUT2D eigenvalue weighted by molar-refractivity contribution is -0.137. The standard InChI is InChI=1S/C23H24F3NO4/c1-14-9-10-17(21(11-14)23(24,25)26)16(3)27-31-13-19-15(2)7-6-8-18(19)20(12-29-4)22(28)30-5/h6-12H,13H2,1-5H3/b20-12+,27-16+. The highest BCUT2D eigenvalue weighted by atomic mass is 19.4. The van der Waals surface area contributed by atoms with E-state index in [2.05, 4.69) is 5.16 Å². The molecular weight excluding hydrogens is 411 g/mol. The van der Waals surface area contributed by atoms with Gasteiger partial charge in [0.05, 0.1) is 31.8 Å². The maximum absolute atomic E-state index is 13.4. The van der Waals surface area contributed by atoms with Gasteiger partial charge in [0.2, 0.25) is 0 Å². The van der Waals surface area contributed by atoms with E-state index in [4.69, 9.17) is 14.3 Å². The van der Waals surface area contributed by atoms with Gasteiger partial charge < -0.3 is 14.3 Å². The van der Waals surface area contributed by atoms with Crippen LogP contribution in [0.5, 0.6) is 0 Å². The fourth-order valence-corrected chi connectivity index (χ4v) is 3.05. The molecule has 0 fully saturated rings. The second-order valence-electron chi connectivity index (χ2n) is 6.86. The van der Waals surface area contributed by atoms with Gasteiger partial charge in [-0.3, -0.25) is 0 Å². The average molecular weight is 435 g/mol. The van der Waals surface area contributed by atoms with Gasteiger partial charge in [-0.25, -0.2) is 4.79 Å². The summed E-state index contributed by atoms with van der Waals surface area (Å²) in [5, 5.41) is 3.90. The molecule has 8 heteroatoms. The minimum Gasteiger partial charge on any atom is -0.503 e. The first-order valence-corrected chi connectivity index (χ1v) is 9.35. The van der Waals surface area contributed by atoms with E-state index in [1.165, 1.54) is 33.5 Å². The van der Waals surface area contributed by atoms with Crippen molar-refractivity contribution in [2.45, 2.75) is 33.6 Å². The summed E-state index contributed by atoms with van der Waals surface area (Å²) in [6, 6.07) is 9.31. The molecule has 0 aliphatic heterocycles. The minimum atomic E-state index is -4.51. The van der Waals surface area contributed by atoms with Gasteiger partial charge in [0, 0.05) is 11.1 Å². The molecule has 0 saturated carbocycles. The van der Waals surface area contributed by atoms with E-state index in [1.54, 1.807) is 25.1 Å². The Morgan fingerprint density at radius 1 is 1.10 bits per heavy atom. The van der Waals surface area contributed by atoms with E-state index >= 15 is 0 Å². The number of hydrogen-bond acceptors (Lipinski definition) is 5. The Hall–Kier alpha value is -3.29. The van der Waals surface area contributed by atoms with Crippen molar-refractivity contribution >= 4 is 17.3 Å². The second kappa shape index (κ2) is 10.1. The Labute approximate surface area is 179 Å². The summed E-state index contributed by atoms with van der Waals surface area (Å²) >= 11 is 0. The molecule has 0 radical (unpaired) electrons. The molecule has 166 valence electrons. The quantitative estimate of drug-likeness (QED) is 0.192. The summed E-state index contributed by atoms with van der Waals surface area (Å²) in [6.07, 6.45) is -3.25. The summed E-state index contributed by atoms with van der Waals surface area (Å²) in [4.78, 5) is 17.5. The highest BCUT2D eigenvalue weighted by Crippen LogP contribution is 2.33. The molecule has 0 unspecified atom stereocenters. The Kier molecular flexibility index (Phi) is 7.85. The van der Waals surface area contributed by atoms with Crippen LogP contribution >= 0.6 is 0 Å². The van der Waals surface area contributed by atoms with Crippen LogP contribution in [0.15, 0.2) is 47.8 Å². The van der Waals surface area contributed by atoms with Crippen LogP contribution in [0.3, 0.4) is 0 Å². The van der Waals surface area contributed by atoms with E-state index in [0.29, 0.717) is 16.7 Å². The smallest absolute Gasteiger partial charge is 0.417 e. The molecule has 2 rings (SSSR count). The molecule has 0 aromatic heterocycles. The van der Waals surface area contributed by atoms with Gasteiger partial charge in [0.25, 0.3) is 0 Å². The van der Waals surface area contributed by atoms with Crippen molar-refractivity contribution in [3.63, 3.8) is 0 Å². The Morgan fingerprint density at radius 3 is 2.42 bits per heavy atom. The van der Waals surface area contributed by atoms with Gasteiger partial charge in [0.15, 0.2) is 0 Å². The largest absolute Gasteiger partial charge is 0.503 e. The van der Waals surface area contributed by atoms with Crippen LogP contribution in [0.2, 0.25) is 0 Å². The number of oxime groups is 1. The number of alkyl halides is 3. The summed E-state index contributed by atoms with van der Waals surface area (Å²) < 4.78 is 50.0. The van der Waals surface area contributed by atoms with Gasteiger partial charge in [-0.15, -0.1) is 0 Å². The highest BCUT2D eigenvalue weighted by molar-refractivity contribution is 6.16. The zero-order valence-electron chi connectivity index (χ0n) is 18.0. The number of rotatable bonds is 7. The molecule has 0 spiro atoms. The van der Waals surface area contributed by atoms with Crippen LogP contribution < -0.4 is 0 Å². The topological polar surface area (TPSA) is 57.1 Å². The first-order valence-electron chi connectivity index (χ1n) is 9.35. The molecule has 0 aliphatic carbocycles. The maximum Gasteiger partial charge on any atom is 0.417 e. The summed E-state index contributed by atoms with van der Waals surface area (Å²) in [7, 11) is 2.66. The van der Waals surface area contributed by atoms with Gasteiger partial charge in [-0.2, -0.15) is 13.2 Å². The molecular formula is C23H24F3NO4. The van der Waals surface area contributed by atoms with Crippen molar-refractivity contribution in [3.05, 3.63) is 76.0 Å². The predicted octanol–water partition coefficient (Wildman–Crippen LogP) is 5.42. The molecule has 0 bridgehead atoms. The first-order chi connectivity index (χ1) is 14.6. The lowest BCUT2D eigenvalue weighted by Gasteiger charge is -2.15. The van der Waals surface area contributed by atoms with Crippen LogP contribution in [-0.2, 0) is 31.9 Å². The van der Waals surface area contributed by atoms with E-state index in [9.17, 15) is 18.0 Å². The van der Waals surface area contributed by atoms with E-state index in [0.717, 1.165) is 11.6 Å². The number of halogens is 3. The number of benzene rings is 2. The number of ether oxygens (including phenoxy) is 2. The van der Waals surface area contributed by atoms with Crippen LogP contribution in [0, 0.1) is 13.8 Å². The van der Waals surface area contributed by atoms with Gasteiger partial charge in [0.1, 0.15) is 12.2 Å². The highest BCUT2D eigenvalue weighted by Gasteiger charge is 2.34. The number of methoxy groups -OCH3 is 2. The lowest BCUT2D eigenvalue weighted by Crippen LogP contribution is -2.13. The van der Waals surface area contributed by atoms with Crippen LogP contribution in [0.1, 0.15) is 40.3 Å². The summed E-state index contributed by atoms with van der Waals surface area (Å²) in [5.74, 6) is -0.595. The Bertz CT molecular complexity index is 1010. The van der Waals surface area contributed by atoms with Crippen molar-refractivity contribution in [3.8, 4) is 0 Å². The molecule has 0 N–H and O–H groups in total. The number of carbonyl (C=O) groups is 1. The van der Waals surface area contributed by atoms with Crippen molar-refractivity contribution in [2.24, 2.45) is 5.16 Å². The van der Waals surface area contributed by atoms with Gasteiger partial charge in [-0.05, 0) is 38.0 Å². The summed E-state index contributed by atoms with van der Waals surface area (Å²) in [6.45, 7) is 4.80. The number of aryl methyl sites for hydroxylation is 2. The number of carbonyl (C=O) groups excluding carboxylic acids is 1. The third kappa shape index (κ3) is 5.87. The molecule has 0 aliphatic rings. The third-order valence-electron chi connectivity index (χ3n) is 4.62. The van der Waals surface area contributed by atoms with E-state index in [1.807, 2.05) is 13.0 Å². The molecule has 0 amide bonds. The van der Waals surface area contributed by atoms with Gasteiger partial charge in [-0.1, -0.05) is 41.1 Å². The van der Waals surface area contributed by atoms with E-state index < -0.39 is 17.7 Å². The molecule has 5 nitrogen and oxygen atoms in total. The molecule has 2 aromatic rings. The van der Waals surface area contributed by atoms with Crippen molar-refractivity contribution in [1.82, 2.24) is 0 Å². The minimum absolute atomic E-state index is 0.0577. The van der Waals surface area contributed by atoms with Crippen LogP contribution in [0.4, 0.5) is 13.2 Å². The molecule has 0 heterocycles. The molecule has 0 saturated heterocycles. The zero-order chi connectivity index (χ0) is 23.2. The number of nitrogens with zero attached hydrogens (tertiary/aromatic N) is 1. The fraction of sp³-hybridized carbons (Fsp3) is 0.304. The van der Waals surface area contributed by atoms with Crippen molar-refractivity contribution < 1.29 is 32.3 Å².